The number of guanidine groups is 1. The van der Waals surface area contributed by atoms with E-state index in [1.165, 1.54) is 0 Å². The Labute approximate surface area is 207 Å². The Bertz CT molecular complexity index is 852. The summed E-state index contributed by atoms with van der Waals surface area (Å²) in [7, 11) is 8.11. The first-order valence-corrected chi connectivity index (χ1v) is 10.1. The second kappa shape index (κ2) is 14.5. The van der Waals surface area contributed by atoms with E-state index in [4.69, 9.17) is 28.7 Å². The Morgan fingerprint density at radius 1 is 0.781 bits per heavy atom. The topological polar surface area (TPSA) is 82.6 Å². The molecule has 0 aromatic heterocycles. The number of aliphatic imine (C=N–C) groups is 1. The van der Waals surface area contributed by atoms with E-state index in [0.29, 0.717) is 36.3 Å². The van der Waals surface area contributed by atoms with Crippen LogP contribution in [0.4, 0.5) is 0 Å². The van der Waals surface area contributed by atoms with Gasteiger partial charge in [-0.3, -0.25) is 0 Å². The molecular formula is C23H34IN3O5. The van der Waals surface area contributed by atoms with Crippen molar-refractivity contribution in [1.29, 1.82) is 0 Å². The minimum absolute atomic E-state index is 0. The Morgan fingerprint density at radius 2 is 1.41 bits per heavy atom. The van der Waals surface area contributed by atoms with Crippen molar-refractivity contribution in [3.8, 4) is 28.7 Å². The number of methoxy groups -OCH3 is 5. The van der Waals surface area contributed by atoms with Crippen LogP contribution >= 0.6 is 24.0 Å². The van der Waals surface area contributed by atoms with Crippen LogP contribution in [-0.2, 0) is 13.0 Å². The highest BCUT2D eigenvalue weighted by atomic mass is 127. The lowest BCUT2D eigenvalue weighted by Gasteiger charge is -2.15. The SMILES string of the molecule is CCNC(=NCc1c(OC)cc(OC)cc1OC)NCCc1ccc(OC)c(OC)c1.I. The number of halogens is 1. The van der Waals surface area contributed by atoms with Crippen LogP contribution in [0.2, 0.25) is 0 Å². The van der Waals surface area contributed by atoms with E-state index in [-0.39, 0.29) is 24.0 Å². The van der Waals surface area contributed by atoms with Crippen LogP contribution in [0, 0.1) is 0 Å². The lowest BCUT2D eigenvalue weighted by Crippen LogP contribution is -2.38. The van der Waals surface area contributed by atoms with Crippen LogP contribution in [0.15, 0.2) is 35.3 Å². The molecular weight excluding hydrogens is 525 g/mol. The largest absolute Gasteiger partial charge is 0.496 e. The van der Waals surface area contributed by atoms with Gasteiger partial charge in [0.05, 0.1) is 47.7 Å². The average Bonchev–Trinajstić information content (AvgIpc) is 2.81. The number of hydrogen-bond acceptors (Lipinski definition) is 6. The second-order valence-corrected chi connectivity index (χ2v) is 6.57. The Kier molecular flexibility index (Phi) is 12.4. The fourth-order valence-electron chi connectivity index (χ4n) is 3.09. The normalized spacial score (nSPS) is 10.6. The summed E-state index contributed by atoms with van der Waals surface area (Å²) in [5, 5.41) is 6.63. The van der Waals surface area contributed by atoms with Crippen molar-refractivity contribution in [3.63, 3.8) is 0 Å². The van der Waals surface area contributed by atoms with Gasteiger partial charge in [0.25, 0.3) is 0 Å². The van der Waals surface area contributed by atoms with Gasteiger partial charge in [-0.25, -0.2) is 4.99 Å². The standard InChI is InChI=1S/C23H33N3O5.HI/c1-7-24-23(25-11-10-16-8-9-19(28-3)22(12-16)31-6)26-15-18-20(29-4)13-17(27-2)14-21(18)30-5;/h8-9,12-14H,7,10-11,15H2,1-6H3,(H2,24,25,26);1H. The van der Waals surface area contributed by atoms with E-state index in [2.05, 4.69) is 10.6 Å². The third kappa shape index (κ3) is 7.54. The number of rotatable bonds is 11. The molecule has 2 aromatic rings. The summed E-state index contributed by atoms with van der Waals surface area (Å²) in [5.74, 6) is 4.15. The van der Waals surface area contributed by atoms with Gasteiger partial charge in [0.2, 0.25) is 0 Å². The zero-order valence-electron chi connectivity index (χ0n) is 19.6. The van der Waals surface area contributed by atoms with Gasteiger partial charge in [-0.1, -0.05) is 6.07 Å². The van der Waals surface area contributed by atoms with Crippen LogP contribution in [0.25, 0.3) is 0 Å². The molecule has 178 valence electrons. The van der Waals surface area contributed by atoms with Crippen molar-refractivity contribution in [2.45, 2.75) is 19.9 Å². The Hall–Kier alpha value is -2.56. The van der Waals surface area contributed by atoms with Gasteiger partial charge in [0.15, 0.2) is 17.5 Å². The van der Waals surface area contributed by atoms with Gasteiger partial charge in [-0.2, -0.15) is 0 Å². The van der Waals surface area contributed by atoms with Crippen molar-refractivity contribution in [1.82, 2.24) is 10.6 Å². The van der Waals surface area contributed by atoms with E-state index in [0.717, 1.165) is 35.6 Å². The maximum atomic E-state index is 5.51. The van der Waals surface area contributed by atoms with Gasteiger partial charge in [0.1, 0.15) is 17.2 Å². The summed E-state index contributed by atoms with van der Waals surface area (Å²) in [6.07, 6.45) is 0.806. The molecule has 2 rings (SSSR count). The fraction of sp³-hybridized carbons (Fsp3) is 0.435. The highest BCUT2D eigenvalue weighted by molar-refractivity contribution is 14.0. The number of ether oxygens (including phenoxy) is 5. The highest BCUT2D eigenvalue weighted by Crippen LogP contribution is 2.34. The summed E-state index contributed by atoms with van der Waals surface area (Å²) < 4.78 is 27.0. The minimum Gasteiger partial charge on any atom is -0.496 e. The quantitative estimate of drug-likeness (QED) is 0.247. The van der Waals surface area contributed by atoms with Crippen molar-refractivity contribution in [3.05, 3.63) is 41.5 Å². The molecule has 2 N–H and O–H groups in total. The molecule has 0 bridgehead atoms. The molecule has 0 fully saturated rings. The third-order valence-electron chi connectivity index (χ3n) is 4.71. The van der Waals surface area contributed by atoms with Gasteiger partial charge < -0.3 is 34.3 Å². The second-order valence-electron chi connectivity index (χ2n) is 6.57. The van der Waals surface area contributed by atoms with E-state index in [9.17, 15) is 0 Å². The molecule has 8 nitrogen and oxygen atoms in total. The van der Waals surface area contributed by atoms with Gasteiger partial charge in [0, 0.05) is 25.2 Å². The molecule has 0 aliphatic heterocycles. The summed E-state index contributed by atoms with van der Waals surface area (Å²) in [5.41, 5.74) is 1.99. The van der Waals surface area contributed by atoms with E-state index in [1.54, 1.807) is 35.5 Å². The molecule has 0 aliphatic carbocycles. The van der Waals surface area contributed by atoms with E-state index < -0.39 is 0 Å². The van der Waals surface area contributed by atoms with Gasteiger partial charge in [-0.05, 0) is 31.0 Å². The van der Waals surface area contributed by atoms with Crippen LogP contribution in [0.3, 0.4) is 0 Å². The molecule has 0 heterocycles. The van der Waals surface area contributed by atoms with E-state index in [1.807, 2.05) is 37.3 Å². The molecule has 0 radical (unpaired) electrons. The number of nitrogens with zero attached hydrogens (tertiary/aromatic N) is 1. The Morgan fingerprint density at radius 3 is 1.94 bits per heavy atom. The average molecular weight is 559 g/mol. The first kappa shape index (κ1) is 27.5. The minimum atomic E-state index is 0. The lowest BCUT2D eigenvalue weighted by atomic mass is 10.1. The number of hydrogen-bond donors (Lipinski definition) is 2. The zero-order chi connectivity index (χ0) is 22.6. The fourth-order valence-corrected chi connectivity index (χ4v) is 3.09. The molecule has 2 aromatic carbocycles. The van der Waals surface area contributed by atoms with Crippen molar-refractivity contribution >= 4 is 29.9 Å². The highest BCUT2D eigenvalue weighted by Gasteiger charge is 2.13. The molecule has 0 spiro atoms. The van der Waals surface area contributed by atoms with Crippen LogP contribution in [-0.4, -0.2) is 54.6 Å². The van der Waals surface area contributed by atoms with Gasteiger partial charge in [-0.15, -0.1) is 24.0 Å². The molecule has 0 saturated heterocycles. The van der Waals surface area contributed by atoms with Crippen LogP contribution in [0.5, 0.6) is 28.7 Å². The lowest BCUT2D eigenvalue weighted by molar-refractivity contribution is 0.354. The number of benzene rings is 2. The monoisotopic (exact) mass is 559 g/mol. The van der Waals surface area contributed by atoms with E-state index >= 15 is 0 Å². The summed E-state index contributed by atoms with van der Waals surface area (Å²) >= 11 is 0. The molecule has 0 unspecified atom stereocenters. The van der Waals surface area contributed by atoms with Gasteiger partial charge >= 0.3 is 0 Å². The third-order valence-corrected chi connectivity index (χ3v) is 4.71. The Balaban J connectivity index is 0.00000512. The summed E-state index contributed by atoms with van der Waals surface area (Å²) in [6, 6.07) is 9.57. The summed E-state index contributed by atoms with van der Waals surface area (Å²) in [6.45, 7) is 3.87. The number of nitrogens with one attached hydrogen (secondary N) is 2. The predicted molar refractivity (Wildman–Crippen MR) is 138 cm³/mol. The maximum Gasteiger partial charge on any atom is 0.191 e. The molecule has 0 amide bonds. The van der Waals surface area contributed by atoms with Crippen molar-refractivity contribution < 1.29 is 23.7 Å². The molecule has 0 saturated carbocycles. The summed E-state index contributed by atoms with van der Waals surface area (Å²) in [4.78, 5) is 4.70. The van der Waals surface area contributed by atoms with Crippen molar-refractivity contribution in [2.24, 2.45) is 4.99 Å². The molecule has 9 heteroatoms. The molecule has 32 heavy (non-hydrogen) atoms. The zero-order valence-corrected chi connectivity index (χ0v) is 21.9. The first-order chi connectivity index (χ1) is 15.1. The smallest absolute Gasteiger partial charge is 0.191 e. The van der Waals surface area contributed by atoms with Crippen molar-refractivity contribution in [2.75, 3.05) is 48.6 Å². The molecule has 0 aliphatic rings. The molecule has 0 atom stereocenters. The first-order valence-electron chi connectivity index (χ1n) is 10.1. The maximum absolute atomic E-state index is 5.51. The predicted octanol–water partition coefficient (Wildman–Crippen LogP) is 3.65. The van der Waals surface area contributed by atoms with Crippen LogP contribution in [0.1, 0.15) is 18.1 Å². The van der Waals surface area contributed by atoms with Crippen LogP contribution < -0.4 is 34.3 Å².